The Kier molecular flexibility index (Phi) is 4.15. The summed E-state index contributed by atoms with van der Waals surface area (Å²) in [7, 11) is 0. The zero-order chi connectivity index (χ0) is 13.0. The molecule has 0 saturated heterocycles. The number of hydrogen-bond donors (Lipinski definition) is 1. The topological polar surface area (TPSA) is 43.8 Å². The molecule has 0 spiro atoms. The van der Waals surface area contributed by atoms with Gasteiger partial charge in [-0.15, -0.1) is 0 Å². The Bertz CT molecular complexity index is 475. The minimum absolute atomic E-state index is 0.0231. The van der Waals surface area contributed by atoms with Crippen molar-refractivity contribution >= 4 is 0 Å². The van der Waals surface area contributed by atoms with Gasteiger partial charge in [0.25, 0.3) is 0 Å². The van der Waals surface area contributed by atoms with Crippen LogP contribution in [0.15, 0.2) is 42.6 Å². The van der Waals surface area contributed by atoms with Crippen molar-refractivity contribution < 1.29 is 0 Å². The molecule has 0 fully saturated rings. The molecule has 1 aromatic carbocycles. The first-order chi connectivity index (χ1) is 8.72. The molecule has 0 aliphatic heterocycles. The van der Waals surface area contributed by atoms with Crippen LogP contribution in [0, 0.1) is 5.92 Å². The third-order valence-corrected chi connectivity index (χ3v) is 3.33. The van der Waals surface area contributed by atoms with Crippen molar-refractivity contribution in [3.63, 3.8) is 0 Å². The third-order valence-electron chi connectivity index (χ3n) is 3.33. The van der Waals surface area contributed by atoms with Crippen molar-refractivity contribution in [1.82, 2.24) is 9.78 Å². The summed E-state index contributed by atoms with van der Waals surface area (Å²) in [4.78, 5) is 0. The van der Waals surface area contributed by atoms with Crippen LogP contribution in [0.25, 0.3) is 5.69 Å². The average Bonchev–Trinajstić information content (AvgIpc) is 2.89. The zero-order valence-electron chi connectivity index (χ0n) is 11.1. The largest absolute Gasteiger partial charge is 0.322 e. The molecule has 2 unspecified atom stereocenters. The van der Waals surface area contributed by atoms with E-state index in [2.05, 4.69) is 18.9 Å². The Labute approximate surface area is 109 Å². The smallest absolute Gasteiger partial charge is 0.0798 e. The summed E-state index contributed by atoms with van der Waals surface area (Å²) in [6.45, 7) is 4.38. The van der Waals surface area contributed by atoms with Crippen LogP contribution in [0.2, 0.25) is 0 Å². The Morgan fingerprint density at radius 2 is 1.94 bits per heavy atom. The van der Waals surface area contributed by atoms with E-state index in [1.54, 1.807) is 0 Å². The molecule has 3 heteroatoms. The van der Waals surface area contributed by atoms with Gasteiger partial charge >= 0.3 is 0 Å². The lowest BCUT2D eigenvalue weighted by molar-refractivity contribution is 0.425. The molecule has 2 rings (SSSR count). The van der Waals surface area contributed by atoms with E-state index < -0.39 is 0 Å². The van der Waals surface area contributed by atoms with E-state index >= 15 is 0 Å². The quantitative estimate of drug-likeness (QED) is 0.875. The first-order valence-electron chi connectivity index (χ1n) is 6.59. The van der Waals surface area contributed by atoms with Gasteiger partial charge in [-0.3, -0.25) is 0 Å². The molecule has 0 aliphatic carbocycles. The molecule has 1 heterocycles. The maximum atomic E-state index is 6.24. The third kappa shape index (κ3) is 2.79. The molecule has 0 radical (unpaired) electrons. The van der Waals surface area contributed by atoms with Crippen molar-refractivity contribution in [3.05, 3.63) is 48.3 Å². The second-order valence-electron chi connectivity index (χ2n) is 4.81. The van der Waals surface area contributed by atoms with E-state index in [-0.39, 0.29) is 6.04 Å². The van der Waals surface area contributed by atoms with Gasteiger partial charge in [0, 0.05) is 6.20 Å². The average molecular weight is 243 g/mol. The number of para-hydroxylation sites is 1. The molecule has 18 heavy (non-hydrogen) atoms. The molecular formula is C15H21N3. The maximum absolute atomic E-state index is 6.24. The Morgan fingerprint density at radius 1 is 1.22 bits per heavy atom. The summed E-state index contributed by atoms with van der Waals surface area (Å²) in [5.41, 5.74) is 8.28. The summed E-state index contributed by atoms with van der Waals surface area (Å²) in [6, 6.07) is 12.1. The molecule has 2 atom stereocenters. The van der Waals surface area contributed by atoms with Crippen LogP contribution in [0.1, 0.15) is 38.4 Å². The van der Waals surface area contributed by atoms with Crippen LogP contribution in [0.5, 0.6) is 0 Å². The first-order valence-corrected chi connectivity index (χ1v) is 6.59. The Balaban J connectivity index is 2.15. The van der Waals surface area contributed by atoms with E-state index in [4.69, 9.17) is 5.73 Å². The number of rotatable bonds is 5. The minimum Gasteiger partial charge on any atom is -0.322 e. The van der Waals surface area contributed by atoms with Crippen LogP contribution in [-0.2, 0) is 0 Å². The van der Waals surface area contributed by atoms with E-state index in [1.807, 2.05) is 47.3 Å². The molecule has 96 valence electrons. The summed E-state index contributed by atoms with van der Waals surface area (Å²) < 4.78 is 1.88. The number of benzene rings is 1. The van der Waals surface area contributed by atoms with Crippen LogP contribution >= 0.6 is 0 Å². The van der Waals surface area contributed by atoms with Gasteiger partial charge in [0.2, 0.25) is 0 Å². The number of hydrogen-bond acceptors (Lipinski definition) is 2. The molecule has 0 amide bonds. The fraction of sp³-hybridized carbons (Fsp3) is 0.400. The highest BCUT2D eigenvalue weighted by atomic mass is 15.3. The lowest BCUT2D eigenvalue weighted by Crippen LogP contribution is -2.19. The summed E-state index contributed by atoms with van der Waals surface area (Å²) in [5.74, 6) is 0.467. The molecule has 0 bridgehead atoms. The van der Waals surface area contributed by atoms with Crippen molar-refractivity contribution in [2.75, 3.05) is 0 Å². The van der Waals surface area contributed by atoms with Gasteiger partial charge in [0.1, 0.15) is 0 Å². The normalized spacial score (nSPS) is 14.4. The molecule has 0 saturated carbocycles. The van der Waals surface area contributed by atoms with E-state index in [9.17, 15) is 0 Å². The van der Waals surface area contributed by atoms with E-state index in [0.29, 0.717) is 5.92 Å². The van der Waals surface area contributed by atoms with E-state index in [0.717, 1.165) is 24.2 Å². The highest BCUT2D eigenvalue weighted by Crippen LogP contribution is 2.22. The lowest BCUT2D eigenvalue weighted by atomic mass is 9.95. The van der Waals surface area contributed by atoms with Gasteiger partial charge in [-0.2, -0.15) is 5.10 Å². The maximum Gasteiger partial charge on any atom is 0.0798 e. The van der Waals surface area contributed by atoms with Crippen LogP contribution in [0.3, 0.4) is 0 Å². The minimum atomic E-state index is 0.0231. The van der Waals surface area contributed by atoms with Gasteiger partial charge in [0.15, 0.2) is 0 Å². The van der Waals surface area contributed by atoms with Gasteiger partial charge in [-0.1, -0.05) is 38.5 Å². The van der Waals surface area contributed by atoms with Gasteiger partial charge in [-0.05, 0) is 30.5 Å². The monoisotopic (exact) mass is 243 g/mol. The van der Waals surface area contributed by atoms with Crippen LogP contribution < -0.4 is 5.73 Å². The molecule has 0 aliphatic rings. The van der Waals surface area contributed by atoms with Crippen molar-refractivity contribution in [2.24, 2.45) is 11.7 Å². The SMILES string of the molecule is CCCC(C)C(N)c1ccn(-c2ccccc2)n1. The highest BCUT2D eigenvalue weighted by Gasteiger charge is 2.16. The Morgan fingerprint density at radius 3 is 2.61 bits per heavy atom. The van der Waals surface area contributed by atoms with Crippen LogP contribution in [-0.4, -0.2) is 9.78 Å². The van der Waals surface area contributed by atoms with Gasteiger partial charge < -0.3 is 5.73 Å². The van der Waals surface area contributed by atoms with E-state index in [1.165, 1.54) is 0 Å². The van der Waals surface area contributed by atoms with Gasteiger partial charge in [0.05, 0.1) is 17.4 Å². The van der Waals surface area contributed by atoms with Crippen LogP contribution in [0.4, 0.5) is 0 Å². The van der Waals surface area contributed by atoms with Crippen molar-refractivity contribution in [2.45, 2.75) is 32.7 Å². The second kappa shape index (κ2) is 5.83. The molecular weight excluding hydrogens is 222 g/mol. The fourth-order valence-electron chi connectivity index (χ4n) is 2.17. The van der Waals surface area contributed by atoms with Gasteiger partial charge in [-0.25, -0.2) is 4.68 Å². The summed E-state index contributed by atoms with van der Waals surface area (Å²) >= 11 is 0. The first kappa shape index (κ1) is 12.8. The molecule has 2 N–H and O–H groups in total. The zero-order valence-corrected chi connectivity index (χ0v) is 11.1. The lowest BCUT2D eigenvalue weighted by Gasteiger charge is -2.16. The second-order valence-corrected chi connectivity index (χ2v) is 4.81. The molecule has 2 aromatic rings. The number of nitrogens with zero attached hydrogens (tertiary/aromatic N) is 2. The predicted octanol–water partition coefficient (Wildman–Crippen LogP) is 3.31. The summed E-state index contributed by atoms with van der Waals surface area (Å²) in [6.07, 6.45) is 4.27. The summed E-state index contributed by atoms with van der Waals surface area (Å²) in [5, 5.41) is 4.58. The molecule has 3 nitrogen and oxygen atoms in total. The predicted molar refractivity (Wildman–Crippen MR) is 74.6 cm³/mol. The number of nitrogens with two attached hydrogens (primary N) is 1. The fourth-order valence-corrected chi connectivity index (χ4v) is 2.17. The molecule has 1 aromatic heterocycles. The standard InChI is InChI=1S/C15H21N3/c1-3-7-12(2)15(16)14-10-11-18(17-14)13-8-5-4-6-9-13/h4-6,8-12,15H,3,7,16H2,1-2H3. The Hall–Kier alpha value is -1.61. The van der Waals surface area contributed by atoms with Crippen molar-refractivity contribution in [1.29, 1.82) is 0 Å². The van der Waals surface area contributed by atoms with Crippen molar-refractivity contribution in [3.8, 4) is 5.69 Å². The number of aromatic nitrogens is 2. The highest BCUT2D eigenvalue weighted by molar-refractivity contribution is 5.30.